The summed E-state index contributed by atoms with van der Waals surface area (Å²) < 4.78 is 1.92. The SMILES string of the molecule is Br.Clc1ccc2nc(CBr)cn2c1. The monoisotopic (exact) mass is 324 g/mol. The molecule has 2 rings (SSSR count). The molecule has 70 valence electrons. The number of aromatic nitrogens is 2. The van der Waals surface area contributed by atoms with Crippen LogP contribution in [-0.4, -0.2) is 9.38 Å². The average molecular weight is 326 g/mol. The summed E-state index contributed by atoms with van der Waals surface area (Å²) in [6.07, 6.45) is 3.80. The van der Waals surface area contributed by atoms with Crippen molar-refractivity contribution in [2.45, 2.75) is 5.33 Å². The third-order valence-corrected chi connectivity index (χ3v) is 2.40. The maximum absolute atomic E-state index is 5.81. The van der Waals surface area contributed by atoms with Gasteiger partial charge < -0.3 is 4.40 Å². The Kier molecular flexibility index (Phi) is 3.76. The fraction of sp³-hybridized carbons (Fsp3) is 0.125. The minimum atomic E-state index is 0. The standard InChI is InChI=1S/C8H6BrClN2.BrH/c9-3-7-5-12-4-6(10)1-2-8(12)11-7;/h1-2,4-5H,3H2;1H. The van der Waals surface area contributed by atoms with Crippen molar-refractivity contribution in [2.75, 3.05) is 0 Å². The first kappa shape index (κ1) is 11.0. The van der Waals surface area contributed by atoms with E-state index in [4.69, 9.17) is 11.6 Å². The van der Waals surface area contributed by atoms with E-state index in [9.17, 15) is 0 Å². The summed E-state index contributed by atoms with van der Waals surface area (Å²) >= 11 is 9.16. The smallest absolute Gasteiger partial charge is 0.137 e. The second kappa shape index (κ2) is 4.44. The molecule has 13 heavy (non-hydrogen) atoms. The molecular formula is C8H7Br2ClN2. The molecule has 2 heterocycles. The first-order valence-corrected chi connectivity index (χ1v) is 4.98. The van der Waals surface area contributed by atoms with Gasteiger partial charge in [0.15, 0.2) is 0 Å². The number of hydrogen-bond donors (Lipinski definition) is 0. The zero-order chi connectivity index (χ0) is 8.55. The topological polar surface area (TPSA) is 17.3 Å². The summed E-state index contributed by atoms with van der Waals surface area (Å²) in [4.78, 5) is 4.33. The van der Waals surface area contributed by atoms with Gasteiger partial charge >= 0.3 is 0 Å². The summed E-state index contributed by atoms with van der Waals surface area (Å²) in [5.74, 6) is 0. The molecule has 0 saturated heterocycles. The van der Waals surface area contributed by atoms with Crippen LogP contribution in [0.3, 0.4) is 0 Å². The molecule has 0 aliphatic carbocycles. The molecule has 0 aliphatic rings. The van der Waals surface area contributed by atoms with Crippen molar-refractivity contribution in [3.63, 3.8) is 0 Å². The Hall–Kier alpha value is -0.0600. The number of imidazole rings is 1. The zero-order valence-electron chi connectivity index (χ0n) is 6.58. The van der Waals surface area contributed by atoms with Gasteiger partial charge in [-0.1, -0.05) is 27.5 Å². The van der Waals surface area contributed by atoms with Gasteiger partial charge in [0.1, 0.15) is 5.65 Å². The van der Waals surface area contributed by atoms with Crippen LogP contribution in [0.2, 0.25) is 5.02 Å². The number of fused-ring (bicyclic) bond motifs is 1. The molecular weight excluding hydrogens is 319 g/mol. The Morgan fingerprint density at radius 3 is 2.85 bits per heavy atom. The van der Waals surface area contributed by atoms with Crippen molar-refractivity contribution in [1.29, 1.82) is 0 Å². The molecule has 0 saturated carbocycles. The Morgan fingerprint density at radius 1 is 1.38 bits per heavy atom. The van der Waals surface area contributed by atoms with Gasteiger partial charge in [-0.2, -0.15) is 0 Å². The molecule has 0 radical (unpaired) electrons. The van der Waals surface area contributed by atoms with Crippen LogP contribution in [0, 0.1) is 0 Å². The lowest BCUT2D eigenvalue weighted by Gasteiger charge is -1.91. The largest absolute Gasteiger partial charge is 0.305 e. The number of hydrogen-bond acceptors (Lipinski definition) is 1. The fourth-order valence-electron chi connectivity index (χ4n) is 1.08. The average Bonchev–Trinajstić information content (AvgIpc) is 2.46. The van der Waals surface area contributed by atoms with Crippen LogP contribution >= 0.6 is 44.5 Å². The number of pyridine rings is 1. The number of nitrogens with zero attached hydrogens (tertiary/aromatic N) is 2. The highest BCUT2D eigenvalue weighted by atomic mass is 79.9. The molecule has 0 amide bonds. The summed E-state index contributed by atoms with van der Waals surface area (Å²) in [7, 11) is 0. The predicted octanol–water partition coefficient (Wildman–Crippen LogP) is 3.46. The fourth-order valence-corrected chi connectivity index (χ4v) is 1.52. The van der Waals surface area contributed by atoms with Gasteiger partial charge in [0.2, 0.25) is 0 Å². The van der Waals surface area contributed by atoms with Crippen LogP contribution in [0.25, 0.3) is 5.65 Å². The second-order valence-corrected chi connectivity index (χ2v) is 3.48. The highest BCUT2D eigenvalue weighted by Gasteiger charge is 1.99. The van der Waals surface area contributed by atoms with Crippen LogP contribution in [0.15, 0.2) is 24.5 Å². The molecule has 0 unspecified atom stereocenters. The van der Waals surface area contributed by atoms with E-state index >= 15 is 0 Å². The predicted molar refractivity (Wildman–Crippen MR) is 63.2 cm³/mol. The van der Waals surface area contributed by atoms with Crippen molar-refractivity contribution >= 4 is 50.2 Å². The van der Waals surface area contributed by atoms with Crippen molar-refractivity contribution < 1.29 is 0 Å². The lowest BCUT2D eigenvalue weighted by Crippen LogP contribution is -1.79. The third kappa shape index (κ3) is 2.24. The van der Waals surface area contributed by atoms with Gasteiger partial charge in [-0.15, -0.1) is 17.0 Å². The first-order chi connectivity index (χ1) is 5.79. The van der Waals surface area contributed by atoms with Gasteiger partial charge in [-0.3, -0.25) is 0 Å². The van der Waals surface area contributed by atoms with Crippen molar-refractivity contribution in [3.05, 3.63) is 35.2 Å². The number of halogens is 3. The lowest BCUT2D eigenvalue weighted by molar-refractivity contribution is 1.18. The van der Waals surface area contributed by atoms with E-state index < -0.39 is 0 Å². The molecule has 0 fully saturated rings. The maximum atomic E-state index is 5.81. The molecule has 2 aromatic heterocycles. The quantitative estimate of drug-likeness (QED) is 0.734. The molecule has 0 spiro atoms. The lowest BCUT2D eigenvalue weighted by atomic mass is 10.5. The van der Waals surface area contributed by atoms with E-state index in [2.05, 4.69) is 20.9 Å². The minimum Gasteiger partial charge on any atom is -0.305 e. The molecule has 0 aliphatic heterocycles. The molecule has 0 aromatic carbocycles. The third-order valence-electron chi connectivity index (χ3n) is 1.60. The van der Waals surface area contributed by atoms with Crippen LogP contribution in [0.4, 0.5) is 0 Å². The van der Waals surface area contributed by atoms with Crippen molar-refractivity contribution in [2.24, 2.45) is 0 Å². The summed E-state index contributed by atoms with van der Waals surface area (Å²) in [5.41, 5.74) is 1.94. The molecule has 0 bridgehead atoms. The highest BCUT2D eigenvalue weighted by Crippen LogP contribution is 2.12. The van der Waals surface area contributed by atoms with Crippen LogP contribution in [0.1, 0.15) is 5.69 Å². The normalized spacial score (nSPS) is 10.0. The van der Waals surface area contributed by atoms with Gasteiger partial charge in [-0.25, -0.2) is 4.98 Å². The van der Waals surface area contributed by atoms with Crippen LogP contribution in [0.5, 0.6) is 0 Å². The van der Waals surface area contributed by atoms with E-state index in [1.165, 1.54) is 0 Å². The summed E-state index contributed by atoms with van der Waals surface area (Å²) in [6.45, 7) is 0. The second-order valence-electron chi connectivity index (χ2n) is 2.48. The minimum absolute atomic E-state index is 0. The molecule has 0 N–H and O–H groups in total. The van der Waals surface area contributed by atoms with Gasteiger partial charge in [-0.05, 0) is 12.1 Å². The molecule has 2 aromatic rings. The molecule has 0 atom stereocenters. The number of alkyl halides is 1. The van der Waals surface area contributed by atoms with Crippen LogP contribution in [-0.2, 0) is 5.33 Å². The Bertz CT molecular complexity index is 413. The first-order valence-electron chi connectivity index (χ1n) is 3.49. The van der Waals surface area contributed by atoms with E-state index in [0.717, 1.165) is 21.7 Å². The Balaban J connectivity index is 0.000000845. The van der Waals surface area contributed by atoms with E-state index in [-0.39, 0.29) is 17.0 Å². The summed E-state index contributed by atoms with van der Waals surface area (Å²) in [5, 5.41) is 1.49. The molecule has 5 heteroatoms. The Morgan fingerprint density at radius 2 is 2.15 bits per heavy atom. The van der Waals surface area contributed by atoms with E-state index in [1.807, 2.05) is 28.9 Å². The zero-order valence-corrected chi connectivity index (χ0v) is 10.6. The van der Waals surface area contributed by atoms with Crippen molar-refractivity contribution in [1.82, 2.24) is 9.38 Å². The van der Waals surface area contributed by atoms with Crippen LogP contribution < -0.4 is 0 Å². The molecule has 2 nitrogen and oxygen atoms in total. The van der Waals surface area contributed by atoms with E-state index in [1.54, 1.807) is 0 Å². The number of rotatable bonds is 1. The van der Waals surface area contributed by atoms with Gasteiger partial charge in [0.05, 0.1) is 10.7 Å². The highest BCUT2D eigenvalue weighted by molar-refractivity contribution is 9.08. The van der Waals surface area contributed by atoms with Gasteiger partial charge in [0, 0.05) is 17.7 Å². The van der Waals surface area contributed by atoms with Gasteiger partial charge in [0.25, 0.3) is 0 Å². The van der Waals surface area contributed by atoms with Crippen molar-refractivity contribution in [3.8, 4) is 0 Å². The van der Waals surface area contributed by atoms with E-state index in [0.29, 0.717) is 0 Å². The summed E-state index contributed by atoms with van der Waals surface area (Å²) in [6, 6.07) is 3.73. The maximum Gasteiger partial charge on any atom is 0.137 e. The Labute approximate surface area is 99.8 Å².